The van der Waals surface area contributed by atoms with Crippen molar-refractivity contribution < 1.29 is 29.0 Å². The predicted molar refractivity (Wildman–Crippen MR) is 62.3 cm³/mol. The highest BCUT2D eigenvalue weighted by atomic mass is 19.1. The fourth-order valence-electron chi connectivity index (χ4n) is 1.41. The molecular weight excluding hydrogens is 257 g/mol. The van der Waals surface area contributed by atoms with Gasteiger partial charge in [0.2, 0.25) is 0 Å². The van der Waals surface area contributed by atoms with Crippen molar-refractivity contribution in [2.45, 2.75) is 19.4 Å². The molecule has 19 heavy (non-hydrogen) atoms. The Bertz CT molecular complexity index is 529. The van der Waals surface area contributed by atoms with E-state index in [2.05, 4.69) is 0 Å². The number of carboxylic acids is 2. The number of aryl methyl sites for hydroxylation is 1. The third-order valence-electron chi connectivity index (χ3n) is 2.35. The van der Waals surface area contributed by atoms with Gasteiger partial charge in [0, 0.05) is 0 Å². The van der Waals surface area contributed by atoms with Crippen LogP contribution in [0.1, 0.15) is 22.3 Å². The van der Waals surface area contributed by atoms with E-state index in [-0.39, 0.29) is 5.56 Å². The van der Waals surface area contributed by atoms with Crippen molar-refractivity contribution in [2.75, 3.05) is 0 Å². The number of hydrogen-bond donors (Lipinski definition) is 3. The number of aliphatic carboxylic acids is 2. The highest BCUT2D eigenvalue weighted by Gasteiger charge is 2.24. The maximum Gasteiger partial charge on any atom is 0.326 e. The summed E-state index contributed by atoms with van der Waals surface area (Å²) >= 11 is 0. The van der Waals surface area contributed by atoms with Crippen LogP contribution in [0.15, 0.2) is 18.2 Å². The highest BCUT2D eigenvalue weighted by Crippen LogP contribution is 2.10. The second-order valence-corrected chi connectivity index (χ2v) is 3.95. The van der Waals surface area contributed by atoms with Crippen LogP contribution >= 0.6 is 0 Å². The Morgan fingerprint density at radius 1 is 1.32 bits per heavy atom. The summed E-state index contributed by atoms with van der Waals surface area (Å²) in [5.41, 5.74) is 0.275. The van der Waals surface area contributed by atoms with Gasteiger partial charge < -0.3 is 15.5 Å². The third kappa shape index (κ3) is 4.06. The summed E-state index contributed by atoms with van der Waals surface area (Å²) in [5, 5.41) is 19.2. The minimum Gasteiger partial charge on any atom is -0.481 e. The second-order valence-electron chi connectivity index (χ2n) is 3.95. The van der Waals surface area contributed by atoms with E-state index >= 15 is 0 Å². The maximum absolute atomic E-state index is 13.5. The molecule has 0 aliphatic carbocycles. The lowest BCUT2D eigenvalue weighted by atomic mass is 10.1. The molecule has 0 saturated heterocycles. The molecule has 0 saturated carbocycles. The lowest BCUT2D eigenvalue weighted by Gasteiger charge is -2.12. The first kappa shape index (κ1) is 14.6. The topological polar surface area (TPSA) is 104 Å². The van der Waals surface area contributed by atoms with E-state index in [0.29, 0.717) is 5.56 Å². The molecule has 0 bridgehead atoms. The number of carbonyl (C=O) groups excluding carboxylic acids is 1. The molecule has 1 aromatic rings. The first-order valence-electron chi connectivity index (χ1n) is 5.33. The molecular formula is C12H12FNO5. The van der Waals surface area contributed by atoms with Gasteiger partial charge in [-0.1, -0.05) is 6.07 Å². The monoisotopic (exact) mass is 269 g/mol. The first-order chi connectivity index (χ1) is 8.81. The number of rotatable bonds is 5. The Morgan fingerprint density at radius 3 is 2.42 bits per heavy atom. The Hall–Kier alpha value is -2.44. The van der Waals surface area contributed by atoms with Crippen LogP contribution in [0.3, 0.4) is 0 Å². The van der Waals surface area contributed by atoms with Crippen molar-refractivity contribution in [3.05, 3.63) is 35.1 Å². The zero-order valence-electron chi connectivity index (χ0n) is 10.0. The fraction of sp³-hybridized carbons (Fsp3) is 0.250. The first-order valence-corrected chi connectivity index (χ1v) is 5.33. The quantitative estimate of drug-likeness (QED) is 0.733. The van der Waals surface area contributed by atoms with Gasteiger partial charge in [-0.25, -0.2) is 9.18 Å². The van der Waals surface area contributed by atoms with Crippen LogP contribution in [0.5, 0.6) is 0 Å². The molecule has 0 fully saturated rings. The lowest BCUT2D eigenvalue weighted by Crippen LogP contribution is -2.42. The zero-order valence-corrected chi connectivity index (χ0v) is 10.0. The van der Waals surface area contributed by atoms with Crippen LogP contribution in [0.2, 0.25) is 0 Å². The molecule has 0 spiro atoms. The van der Waals surface area contributed by atoms with E-state index in [4.69, 9.17) is 10.2 Å². The summed E-state index contributed by atoms with van der Waals surface area (Å²) in [6, 6.07) is 2.22. The zero-order chi connectivity index (χ0) is 14.6. The number of hydrogen-bond acceptors (Lipinski definition) is 3. The predicted octanol–water partition coefficient (Wildman–Crippen LogP) is 0.792. The summed E-state index contributed by atoms with van der Waals surface area (Å²) in [6.07, 6.45) is -0.783. The Kier molecular flexibility index (Phi) is 4.57. The molecule has 102 valence electrons. The molecule has 0 unspecified atom stereocenters. The lowest BCUT2D eigenvalue weighted by molar-refractivity contribution is -0.145. The minimum absolute atomic E-state index is 0.331. The third-order valence-corrected chi connectivity index (χ3v) is 2.35. The Labute approximate surface area is 107 Å². The van der Waals surface area contributed by atoms with Crippen molar-refractivity contribution in [1.82, 2.24) is 5.32 Å². The van der Waals surface area contributed by atoms with Gasteiger partial charge in [-0.2, -0.15) is 0 Å². The molecule has 1 aromatic carbocycles. The van der Waals surface area contributed by atoms with Crippen LogP contribution < -0.4 is 5.32 Å². The Balaban J connectivity index is 2.87. The van der Waals surface area contributed by atoms with E-state index in [0.717, 1.165) is 6.07 Å². The van der Waals surface area contributed by atoms with Crippen LogP contribution in [0, 0.1) is 12.7 Å². The van der Waals surface area contributed by atoms with Crippen molar-refractivity contribution in [1.29, 1.82) is 0 Å². The van der Waals surface area contributed by atoms with Gasteiger partial charge in [0.1, 0.15) is 11.9 Å². The van der Waals surface area contributed by atoms with Crippen LogP contribution in [-0.2, 0) is 9.59 Å². The van der Waals surface area contributed by atoms with Gasteiger partial charge in [-0.15, -0.1) is 0 Å². The number of carboxylic acid groups (broad SMARTS) is 2. The van der Waals surface area contributed by atoms with Gasteiger partial charge >= 0.3 is 11.9 Å². The van der Waals surface area contributed by atoms with Crippen molar-refractivity contribution in [3.63, 3.8) is 0 Å². The summed E-state index contributed by atoms with van der Waals surface area (Å²) < 4.78 is 13.5. The van der Waals surface area contributed by atoms with Crippen LogP contribution in [0.25, 0.3) is 0 Å². The standard InChI is InChI=1S/C12H12FNO5/c1-6-2-3-7(8(13)4-6)11(17)14-9(12(18)19)5-10(15)16/h2-4,9H,5H2,1H3,(H,14,17)(H,15,16)(H,18,19)/t9-/m1/s1. The maximum atomic E-state index is 13.5. The van der Waals surface area contributed by atoms with E-state index in [1.165, 1.54) is 12.1 Å². The molecule has 1 amide bonds. The van der Waals surface area contributed by atoms with Crippen molar-refractivity contribution >= 4 is 17.8 Å². The molecule has 0 radical (unpaired) electrons. The van der Waals surface area contributed by atoms with Gasteiger partial charge in [0.05, 0.1) is 12.0 Å². The largest absolute Gasteiger partial charge is 0.481 e. The number of benzene rings is 1. The summed E-state index contributed by atoms with van der Waals surface area (Å²) in [7, 11) is 0. The summed E-state index contributed by atoms with van der Waals surface area (Å²) in [4.78, 5) is 32.9. The number of amides is 1. The molecule has 1 rings (SSSR count). The number of halogens is 1. The number of nitrogens with one attached hydrogen (secondary N) is 1. The number of carbonyl (C=O) groups is 3. The normalized spacial score (nSPS) is 11.7. The molecule has 0 aliphatic rings. The van der Waals surface area contributed by atoms with E-state index < -0.39 is 36.1 Å². The average molecular weight is 269 g/mol. The Morgan fingerprint density at radius 2 is 1.95 bits per heavy atom. The highest BCUT2D eigenvalue weighted by molar-refractivity contribution is 5.97. The van der Waals surface area contributed by atoms with E-state index in [1.54, 1.807) is 6.92 Å². The van der Waals surface area contributed by atoms with Gasteiger partial charge in [0.15, 0.2) is 0 Å². The van der Waals surface area contributed by atoms with Crippen LogP contribution in [-0.4, -0.2) is 34.1 Å². The molecule has 1 atom stereocenters. The van der Waals surface area contributed by atoms with Crippen molar-refractivity contribution in [2.24, 2.45) is 0 Å². The molecule has 6 nitrogen and oxygen atoms in total. The summed E-state index contributed by atoms with van der Waals surface area (Å²) in [5.74, 6) is -4.64. The van der Waals surface area contributed by atoms with E-state index in [1.807, 2.05) is 5.32 Å². The molecule has 0 aromatic heterocycles. The smallest absolute Gasteiger partial charge is 0.326 e. The molecule has 0 aliphatic heterocycles. The van der Waals surface area contributed by atoms with Crippen LogP contribution in [0.4, 0.5) is 4.39 Å². The van der Waals surface area contributed by atoms with Crippen molar-refractivity contribution in [3.8, 4) is 0 Å². The summed E-state index contributed by atoms with van der Waals surface area (Å²) in [6.45, 7) is 1.63. The van der Waals surface area contributed by atoms with Gasteiger partial charge in [-0.3, -0.25) is 9.59 Å². The fourth-order valence-corrected chi connectivity index (χ4v) is 1.41. The molecule has 0 heterocycles. The minimum atomic E-state index is -1.61. The SMILES string of the molecule is Cc1ccc(C(=O)N[C@H](CC(=O)O)C(=O)O)c(F)c1. The van der Waals surface area contributed by atoms with E-state index in [9.17, 15) is 18.8 Å². The molecule has 7 heteroatoms. The average Bonchev–Trinajstić information content (AvgIpc) is 2.26. The van der Waals surface area contributed by atoms with Gasteiger partial charge in [-0.05, 0) is 24.6 Å². The van der Waals surface area contributed by atoms with Gasteiger partial charge in [0.25, 0.3) is 5.91 Å². The second kappa shape index (κ2) is 5.94. The molecule has 3 N–H and O–H groups in total.